The molecule has 8 heteroatoms. The van der Waals surface area contributed by atoms with Crippen molar-refractivity contribution in [3.63, 3.8) is 0 Å². The molecule has 2 aromatic carbocycles. The number of aryl methyl sites for hydroxylation is 2. The highest BCUT2D eigenvalue weighted by molar-refractivity contribution is 6.31. The number of rotatable bonds is 6. The molecule has 0 unspecified atom stereocenters. The van der Waals surface area contributed by atoms with Crippen LogP contribution >= 0.6 is 23.2 Å². The van der Waals surface area contributed by atoms with Gasteiger partial charge in [0.1, 0.15) is 0 Å². The Morgan fingerprint density at radius 1 is 0.848 bits per heavy atom. The van der Waals surface area contributed by atoms with Gasteiger partial charge in [-0.2, -0.15) is 10.2 Å². The third-order valence-electron chi connectivity index (χ3n) is 5.66. The first-order valence-electron chi connectivity index (χ1n) is 10.6. The molecule has 1 amide bonds. The standard InChI is InChI=1S/C25H25Cl2N5O/c1-15-23(27)17(3)31(29-15)13-19-7-5-9-21(11-19)25(33)28-24-16(2)30-32(18(24)4)14-20-8-6-10-22(26)12-20/h5-12H,13-14H2,1-4H3,(H,28,33). The Kier molecular flexibility index (Phi) is 6.58. The molecule has 0 aliphatic rings. The second kappa shape index (κ2) is 9.41. The molecule has 0 atom stereocenters. The first-order chi connectivity index (χ1) is 15.7. The van der Waals surface area contributed by atoms with Crippen LogP contribution in [0, 0.1) is 27.7 Å². The summed E-state index contributed by atoms with van der Waals surface area (Å²) in [5.74, 6) is -0.184. The molecule has 4 rings (SSSR count). The summed E-state index contributed by atoms with van der Waals surface area (Å²) in [6.07, 6.45) is 0. The third kappa shape index (κ3) is 4.97. The van der Waals surface area contributed by atoms with Gasteiger partial charge in [-0.05, 0) is 63.1 Å². The fourth-order valence-electron chi connectivity index (χ4n) is 3.84. The summed E-state index contributed by atoms with van der Waals surface area (Å²) in [7, 11) is 0. The molecule has 2 heterocycles. The van der Waals surface area contributed by atoms with Gasteiger partial charge in [-0.15, -0.1) is 0 Å². The molecule has 6 nitrogen and oxygen atoms in total. The number of benzene rings is 2. The van der Waals surface area contributed by atoms with E-state index in [0.29, 0.717) is 28.7 Å². The van der Waals surface area contributed by atoms with E-state index < -0.39 is 0 Å². The minimum atomic E-state index is -0.184. The lowest BCUT2D eigenvalue weighted by atomic mass is 10.1. The number of nitrogens with one attached hydrogen (secondary N) is 1. The quantitative estimate of drug-likeness (QED) is 0.368. The maximum Gasteiger partial charge on any atom is 0.255 e. The van der Waals surface area contributed by atoms with Crippen molar-refractivity contribution in [3.05, 3.63) is 98.0 Å². The van der Waals surface area contributed by atoms with E-state index in [1.165, 1.54) is 0 Å². The Morgan fingerprint density at radius 2 is 1.45 bits per heavy atom. The van der Waals surface area contributed by atoms with Crippen LogP contribution in [-0.4, -0.2) is 25.5 Å². The van der Waals surface area contributed by atoms with Crippen LogP contribution in [0.4, 0.5) is 5.69 Å². The number of anilines is 1. The summed E-state index contributed by atoms with van der Waals surface area (Å²) in [5, 5.41) is 13.5. The van der Waals surface area contributed by atoms with Gasteiger partial charge in [0.25, 0.3) is 5.91 Å². The summed E-state index contributed by atoms with van der Waals surface area (Å²) in [6.45, 7) is 8.77. The van der Waals surface area contributed by atoms with Crippen molar-refractivity contribution in [2.45, 2.75) is 40.8 Å². The summed E-state index contributed by atoms with van der Waals surface area (Å²) in [6, 6.07) is 15.2. The second-order valence-corrected chi connectivity index (χ2v) is 8.94. The Hall–Kier alpha value is -3.09. The number of carbonyl (C=O) groups is 1. The fourth-order valence-corrected chi connectivity index (χ4v) is 4.19. The normalized spacial score (nSPS) is 11.1. The lowest BCUT2D eigenvalue weighted by Crippen LogP contribution is -2.14. The van der Waals surface area contributed by atoms with Crippen LogP contribution in [0.3, 0.4) is 0 Å². The van der Waals surface area contributed by atoms with Crippen molar-refractivity contribution >= 4 is 34.8 Å². The molecule has 33 heavy (non-hydrogen) atoms. The maximum atomic E-state index is 13.1. The molecule has 2 aromatic heterocycles. The molecular formula is C25H25Cl2N5O. The van der Waals surface area contributed by atoms with Gasteiger partial charge in [-0.25, -0.2) is 0 Å². The zero-order chi connectivity index (χ0) is 23.7. The van der Waals surface area contributed by atoms with E-state index in [2.05, 4.69) is 15.5 Å². The van der Waals surface area contributed by atoms with Crippen molar-refractivity contribution in [2.24, 2.45) is 0 Å². The van der Waals surface area contributed by atoms with Gasteiger partial charge in [-0.1, -0.05) is 47.5 Å². The monoisotopic (exact) mass is 481 g/mol. The molecular weight excluding hydrogens is 457 g/mol. The smallest absolute Gasteiger partial charge is 0.255 e. The molecule has 0 saturated carbocycles. The van der Waals surface area contributed by atoms with E-state index in [1.807, 2.05) is 79.5 Å². The highest BCUT2D eigenvalue weighted by atomic mass is 35.5. The van der Waals surface area contributed by atoms with E-state index in [1.54, 1.807) is 6.07 Å². The van der Waals surface area contributed by atoms with Crippen molar-refractivity contribution in [3.8, 4) is 0 Å². The average Bonchev–Trinajstić information content (AvgIpc) is 3.18. The Morgan fingerprint density at radius 3 is 2.09 bits per heavy atom. The first-order valence-corrected chi connectivity index (χ1v) is 11.4. The summed E-state index contributed by atoms with van der Waals surface area (Å²) >= 11 is 12.4. The molecule has 0 fully saturated rings. The number of hydrogen-bond acceptors (Lipinski definition) is 3. The predicted octanol–water partition coefficient (Wildman–Crippen LogP) is 5.97. The summed E-state index contributed by atoms with van der Waals surface area (Å²) < 4.78 is 3.72. The summed E-state index contributed by atoms with van der Waals surface area (Å²) in [5.41, 5.74) is 6.65. The topological polar surface area (TPSA) is 64.7 Å². The van der Waals surface area contributed by atoms with Crippen LogP contribution in [0.2, 0.25) is 10.0 Å². The van der Waals surface area contributed by atoms with Gasteiger partial charge < -0.3 is 5.32 Å². The van der Waals surface area contributed by atoms with Crippen LogP contribution in [0.5, 0.6) is 0 Å². The lowest BCUT2D eigenvalue weighted by Gasteiger charge is -2.09. The largest absolute Gasteiger partial charge is 0.319 e. The number of nitrogens with zero attached hydrogens (tertiary/aromatic N) is 4. The minimum absolute atomic E-state index is 0.184. The van der Waals surface area contributed by atoms with E-state index in [0.717, 1.165) is 39.6 Å². The molecule has 170 valence electrons. The van der Waals surface area contributed by atoms with E-state index in [-0.39, 0.29) is 5.91 Å². The predicted molar refractivity (Wildman–Crippen MR) is 132 cm³/mol. The van der Waals surface area contributed by atoms with Gasteiger partial charge >= 0.3 is 0 Å². The van der Waals surface area contributed by atoms with Gasteiger partial charge in [0.2, 0.25) is 0 Å². The van der Waals surface area contributed by atoms with E-state index in [9.17, 15) is 4.79 Å². The highest BCUT2D eigenvalue weighted by Gasteiger charge is 2.16. The second-order valence-electron chi connectivity index (χ2n) is 8.13. The van der Waals surface area contributed by atoms with Crippen LogP contribution in [-0.2, 0) is 13.1 Å². The number of amides is 1. The first kappa shape index (κ1) is 23.1. The van der Waals surface area contributed by atoms with Crippen molar-refractivity contribution in [1.29, 1.82) is 0 Å². The van der Waals surface area contributed by atoms with Crippen LogP contribution in [0.15, 0.2) is 48.5 Å². The SMILES string of the molecule is Cc1nn(Cc2cccc(C(=O)Nc3c(C)nn(Cc4cccc(Cl)c4)c3C)c2)c(C)c1Cl. The van der Waals surface area contributed by atoms with Crippen molar-refractivity contribution in [2.75, 3.05) is 5.32 Å². The van der Waals surface area contributed by atoms with Gasteiger partial charge in [0, 0.05) is 10.6 Å². The highest BCUT2D eigenvalue weighted by Crippen LogP contribution is 2.23. The van der Waals surface area contributed by atoms with Gasteiger partial charge in [0.15, 0.2) is 0 Å². The van der Waals surface area contributed by atoms with E-state index >= 15 is 0 Å². The molecule has 0 aliphatic carbocycles. The van der Waals surface area contributed by atoms with Crippen molar-refractivity contribution in [1.82, 2.24) is 19.6 Å². The van der Waals surface area contributed by atoms with E-state index in [4.69, 9.17) is 23.2 Å². The van der Waals surface area contributed by atoms with Crippen LogP contribution < -0.4 is 5.32 Å². The number of hydrogen-bond donors (Lipinski definition) is 1. The Balaban J connectivity index is 1.52. The fraction of sp³-hybridized carbons (Fsp3) is 0.240. The third-order valence-corrected chi connectivity index (χ3v) is 6.44. The zero-order valence-corrected chi connectivity index (χ0v) is 20.5. The van der Waals surface area contributed by atoms with Crippen LogP contribution in [0.1, 0.15) is 44.3 Å². The molecule has 0 spiro atoms. The molecule has 4 aromatic rings. The maximum absolute atomic E-state index is 13.1. The molecule has 0 radical (unpaired) electrons. The molecule has 1 N–H and O–H groups in total. The molecule has 0 saturated heterocycles. The number of carbonyl (C=O) groups excluding carboxylic acids is 1. The van der Waals surface area contributed by atoms with Gasteiger partial charge in [-0.3, -0.25) is 14.2 Å². The zero-order valence-electron chi connectivity index (χ0n) is 19.0. The van der Waals surface area contributed by atoms with Crippen molar-refractivity contribution < 1.29 is 4.79 Å². The Bertz CT molecular complexity index is 1340. The van der Waals surface area contributed by atoms with Crippen LogP contribution in [0.25, 0.3) is 0 Å². The van der Waals surface area contributed by atoms with Gasteiger partial charge in [0.05, 0.1) is 46.6 Å². The molecule has 0 bridgehead atoms. The molecule has 0 aliphatic heterocycles. The number of halogens is 2. The lowest BCUT2D eigenvalue weighted by molar-refractivity contribution is 0.102. The Labute approximate surface area is 203 Å². The average molecular weight is 482 g/mol. The number of aromatic nitrogens is 4. The summed E-state index contributed by atoms with van der Waals surface area (Å²) in [4.78, 5) is 13.1. The minimum Gasteiger partial charge on any atom is -0.319 e.